The molecule has 1 fully saturated rings. The molecule has 0 radical (unpaired) electrons. The molecule has 2 rings (SSSR count). The third-order valence-electron chi connectivity index (χ3n) is 4.52. The van der Waals surface area contributed by atoms with E-state index >= 15 is 0 Å². The maximum atomic E-state index is 12.7. The maximum Gasteiger partial charge on any atom is 0.244 e. The van der Waals surface area contributed by atoms with Crippen molar-refractivity contribution in [2.75, 3.05) is 20.2 Å². The fourth-order valence-corrected chi connectivity index (χ4v) is 4.45. The molecule has 1 aromatic rings. The van der Waals surface area contributed by atoms with Gasteiger partial charge >= 0.3 is 0 Å². The largest absolute Gasteiger partial charge is 0.495 e. The number of carbonyl (C=O) groups excluding carboxylic acids is 2. The Morgan fingerprint density at radius 3 is 2.46 bits per heavy atom. The predicted octanol–water partition coefficient (Wildman–Crippen LogP) is 0.394. The number of carbonyl (C=O) groups is 2. The third-order valence-corrected chi connectivity index (χ3v) is 6.08. The molecule has 9 heteroatoms. The van der Waals surface area contributed by atoms with E-state index < -0.39 is 16.1 Å². The first-order valence-corrected chi connectivity index (χ1v) is 9.89. The van der Waals surface area contributed by atoms with Crippen LogP contribution >= 0.6 is 0 Å². The molecule has 1 aliphatic rings. The van der Waals surface area contributed by atoms with Gasteiger partial charge in [0.15, 0.2) is 0 Å². The zero-order chi connectivity index (χ0) is 19.5. The van der Waals surface area contributed by atoms with Crippen LogP contribution in [0, 0.1) is 12.8 Å². The Bertz CT molecular complexity index is 786. The van der Waals surface area contributed by atoms with Crippen LogP contribution in [0.1, 0.15) is 25.3 Å². The van der Waals surface area contributed by atoms with E-state index in [0.29, 0.717) is 25.9 Å². The molecule has 3 N–H and O–H groups in total. The van der Waals surface area contributed by atoms with Crippen LogP contribution < -0.4 is 15.2 Å². The zero-order valence-electron chi connectivity index (χ0n) is 15.2. The first-order chi connectivity index (χ1) is 12.2. The lowest BCUT2D eigenvalue weighted by Crippen LogP contribution is -2.50. The van der Waals surface area contributed by atoms with E-state index in [0.717, 1.165) is 5.56 Å². The van der Waals surface area contributed by atoms with E-state index in [4.69, 9.17) is 10.5 Å². The van der Waals surface area contributed by atoms with Crippen LogP contribution in [0.2, 0.25) is 0 Å². The number of aryl methyl sites for hydroxylation is 1. The van der Waals surface area contributed by atoms with Crippen molar-refractivity contribution in [1.29, 1.82) is 0 Å². The molecule has 0 bridgehead atoms. The smallest absolute Gasteiger partial charge is 0.244 e. The van der Waals surface area contributed by atoms with Gasteiger partial charge in [0, 0.05) is 19.0 Å². The van der Waals surface area contributed by atoms with Gasteiger partial charge in [-0.25, -0.2) is 8.42 Å². The number of methoxy groups -OCH3 is 1. The Balaban J connectivity index is 2.09. The minimum absolute atomic E-state index is 0.00733. The van der Waals surface area contributed by atoms with Gasteiger partial charge in [-0.05, 0) is 44.4 Å². The van der Waals surface area contributed by atoms with Crippen molar-refractivity contribution in [2.45, 2.75) is 37.6 Å². The summed E-state index contributed by atoms with van der Waals surface area (Å²) in [5.74, 6) is -0.715. The molecule has 1 aliphatic heterocycles. The molecule has 0 aromatic heterocycles. The lowest BCUT2D eigenvalue weighted by Gasteiger charge is -2.32. The molecule has 1 aromatic carbocycles. The highest BCUT2D eigenvalue weighted by Crippen LogP contribution is 2.25. The Morgan fingerprint density at radius 2 is 1.92 bits per heavy atom. The summed E-state index contributed by atoms with van der Waals surface area (Å²) in [4.78, 5) is 25.3. The summed E-state index contributed by atoms with van der Waals surface area (Å²) in [6.07, 6.45) is 0.985. The Labute approximate surface area is 153 Å². The van der Waals surface area contributed by atoms with E-state index in [-0.39, 0.29) is 28.4 Å². The van der Waals surface area contributed by atoms with Gasteiger partial charge in [0.05, 0.1) is 13.2 Å². The molecule has 0 aliphatic carbocycles. The SMILES string of the molecule is COc1ccc(C)cc1S(=O)(=O)N[C@H](C)C(=O)N1CCC(C(N)=O)CC1. The molecule has 26 heavy (non-hydrogen) atoms. The third kappa shape index (κ3) is 4.53. The van der Waals surface area contributed by atoms with Crippen LogP contribution in [0.15, 0.2) is 23.1 Å². The lowest BCUT2D eigenvalue weighted by molar-refractivity contribution is -0.136. The fourth-order valence-electron chi connectivity index (χ4n) is 3.00. The number of nitrogens with zero attached hydrogens (tertiary/aromatic N) is 1. The monoisotopic (exact) mass is 383 g/mol. The number of piperidine rings is 1. The molecule has 0 unspecified atom stereocenters. The zero-order valence-corrected chi connectivity index (χ0v) is 16.0. The van der Waals surface area contributed by atoms with E-state index in [1.54, 1.807) is 24.0 Å². The molecular formula is C17H25N3O5S. The molecule has 144 valence electrons. The van der Waals surface area contributed by atoms with Crippen LogP contribution in [0.25, 0.3) is 0 Å². The molecule has 2 amide bonds. The normalized spacial score (nSPS) is 17.0. The standard InChI is InChI=1S/C17H25N3O5S/c1-11-4-5-14(25-3)15(10-11)26(23,24)19-12(2)17(22)20-8-6-13(7-9-20)16(18)21/h4-5,10,12-13,19H,6-9H2,1-3H3,(H2,18,21)/t12-/m1/s1. The second-order valence-electron chi connectivity index (χ2n) is 6.50. The first-order valence-electron chi connectivity index (χ1n) is 8.40. The molecule has 0 spiro atoms. The number of nitrogens with two attached hydrogens (primary N) is 1. The number of sulfonamides is 1. The highest BCUT2D eigenvalue weighted by molar-refractivity contribution is 7.89. The topological polar surface area (TPSA) is 119 Å². The van der Waals surface area contributed by atoms with Crippen molar-refractivity contribution in [2.24, 2.45) is 11.7 Å². The van der Waals surface area contributed by atoms with Gasteiger partial charge in [-0.1, -0.05) is 6.07 Å². The number of hydrogen-bond donors (Lipinski definition) is 2. The number of likely N-dealkylation sites (tertiary alicyclic amines) is 1. The van der Waals surface area contributed by atoms with Crippen molar-refractivity contribution >= 4 is 21.8 Å². The van der Waals surface area contributed by atoms with E-state index in [2.05, 4.69) is 4.72 Å². The summed E-state index contributed by atoms with van der Waals surface area (Å²) in [5.41, 5.74) is 6.05. The van der Waals surface area contributed by atoms with Crippen LogP contribution in [0.4, 0.5) is 0 Å². The Morgan fingerprint density at radius 1 is 1.31 bits per heavy atom. The number of nitrogens with one attached hydrogen (secondary N) is 1. The predicted molar refractivity (Wildman–Crippen MR) is 96.0 cm³/mol. The van der Waals surface area contributed by atoms with Gasteiger partial charge in [-0.15, -0.1) is 0 Å². The fraction of sp³-hybridized carbons (Fsp3) is 0.529. The molecule has 8 nitrogen and oxygen atoms in total. The van der Waals surface area contributed by atoms with Gasteiger partial charge in [-0.3, -0.25) is 9.59 Å². The van der Waals surface area contributed by atoms with Crippen LogP contribution in [-0.4, -0.2) is 51.4 Å². The number of ether oxygens (including phenoxy) is 1. The molecular weight excluding hydrogens is 358 g/mol. The Hall–Kier alpha value is -2.13. The number of hydrogen-bond acceptors (Lipinski definition) is 5. The average Bonchev–Trinajstić information content (AvgIpc) is 2.60. The highest BCUT2D eigenvalue weighted by atomic mass is 32.2. The summed E-state index contributed by atoms with van der Waals surface area (Å²) >= 11 is 0. The number of primary amides is 1. The van der Waals surface area contributed by atoms with Gasteiger partial charge < -0.3 is 15.4 Å². The van der Waals surface area contributed by atoms with E-state index in [9.17, 15) is 18.0 Å². The van der Waals surface area contributed by atoms with E-state index in [1.165, 1.54) is 20.1 Å². The van der Waals surface area contributed by atoms with Crippen molar-refractivity contribution in [1.82, 2.24) is 9.62 Å². The minimum Gasteiger partial charge on any atom is -0.495 e. The van der Waals surface area contributed by atoms with Crippen LogP contribution in [0.5, 0.6) is 5.75 Å². The molecule has 0 saturated carbocycles. The summed E-state index contributed by atoms with van der Waals surface area (Å²) in [7, 11) is -2.54. The highest BCUT2D eigenvalue weighted by Gasteiger charge is 2.31. The van der Waals surface area contributed by atoms with E-state index in [1.807, 2.05) is 0 Å². The average molecular weight is 383 g/mol. The summed E-state index contributed by atoms with van der Waals surface area (Å²) < 4.78 is 32.9. The summed E-state index contributed by atoms with van der Waals surface area (Å²) in [5, 5.41) is 0. The summed E-state index contributed by atoms with van der Waals surface area (Å²) in [6.45, 7) is 4.04. The molecule has 1 atom stereocenters. The van der Waals surface area contributed by atoms with Gasteiger partial charge in [-0.2, -0.15) is 4.72 Å². The van der Waals surface area contributed by atoms with Gasteiger partial charge in [0.25, 0.3) is 0 Å². The first kappa shape index (κ1) is 20.2. The quantitative estimate of drug-likeness (QED) is 0.737. The van der Waals surface area contributed by atoms with Gasteiger partial charge in [0.2, 0.25) is 21.8 Å². The van der Waals surface area contributed by atoms with Gasteiger partial charge in [0.1, 0.15) is 10.6 Å². The minimum atomic E-state index is -3.93. The number of benzene rings is 1. The molecule has 1 heterocycles. The van der Waals surface area contributed by atoms with Crippen LogP contribution in [0.3, 0.4) is 0 Å². The van der Waals surface area contributed by atoms with Crippen LogP contribution in [-0.2, 0) is 19.6 Å². The molecule has 1 saturated heterocycles. The van der Waals surface area contributed by atoms with Crippen molar-refractivity contribution in [3.05, 3.63) is 23.8 Å². The van der Waals surface area contributed by atoms with Crippen molar-refractivity contribution in [3.63, 3.8) is 0 Å². The maximum absolute atomic E-state index is 12.7. The number of amides is 2. The lowest BCUT2D eigenvalue weighted by atomic mass is 9.96. The number of rotatable bonds is 6. The summed E-state index contributed by atoms with van der Waals surface area (Å²) in [6, 6.07) is 3.88. The van der Waals surface area contributed by atoms with Crippen molar-refractivity contribution < 1.29 is 22.7 Å². The van der Waals surface area contributed by atoms with Crippen molar-refractivity contribution in [3.8, 4) is 5.75 Å². The second kappa shape index (κ2) is 8.05. The second-order valence-corrected chi connectivity index (χ2v) is 8.18. The Kier molecular flexibility index (Phi) is 6.25.